The van der Waals surface area contributed by atoms with Gasteiger partial charge in [-0.15, -0.1) is 0 Å². The van der Waals surface area contributed by atoms with E-state index in [2.05, 4.69) is 6.92 Å². The van der Waals surface area contributed by atoms with Gasteiger partial charge in [0.2, 0.25) is 0 Å². The van der Waals surface area contributed by atoms with Crippen molar-refractivity contribution in [1.29, 1.82) is 0 Å². The van der Waals surface area contributed by atoms with Gasteiger partial charge >= 0.3 is 0 Å². The third-order valence-corrected chi connectivity index (χ3v) is 3.74. The zero-order chi connectivity index (χ0) is 14.3. The van der Waals surface area contributed by atoms with Crippen molar-refractivity contribution < 1.29 is 9.50 Å². The fourth-order valence-corrected chi connectivity index (χ4v) is 2.46. The van der Waals surface area contributed by atoms with Gasteiger partial charge in [-0.05, 0) is 18.1 Å². The molecule has 0 bridgehead atoms. The Morgan fingerprint density at radius 3 is 2.68 bits per heavy atom. The fourth-order valence-electron chi connectivity index (χ4n) is 2.28. The molecule has 1 rings (SSSR count). The number of benzene rings is 1. The Balaban J connectivity index is 2.68. The highest BCUT2D eigenvalue weighted by atomic mass is 35.5. The van der Waals surface area contributed by atoms with Gasteiger partial charge in [-0.2, -0.15) is 0 Å². The number of hydrogen-bond acceptors (Lipinski definition) is 2. The molecule has 2 unspecified atom stereocenters. The lowest BCUT2D eigenvalue weighted by Gasteiger charge is -2.22. The lowest BCUT2D eigenvalue weighted by molar-refractivity contribution is 0.131. The Bertz CT molecular complexity index is 386. The number of unbranched alkanes of at least 4 members (excludes halogenated alkanes) is 3. The Morgan fingerprint density at radius 2 is 2.05 bits per heavy atom. The first kappa shape index (κ1) is 16.4. The standard InChI is InChI=1S/C15H23ClFNO/c1-2-3-4-5-9-14(19)12(10-18)11-7-6-8-13(16)15(11)17/h6-8,12,14,19H,2-5,9-10,18H2,1H3. The van der Waals surface area contributed by atoms with Crippen LogP contribution in [0, 0.1) is 5.82 Å². The molecule has 0 aliphatic carbocycles. The molecule has 1 aromatic carbocycles. The van der Waals surface area contributed by atoms with Crippen LogP contribution < -0.4 is 5.73 Å². The molecule has 0 heterocycles. The molecule has 0 aromatic heterocycles. The Morgan fingerprint density at radius 1 is 1.32 bits per heavy atom. The maximum atomic E-state index is 13.9. The molecule has 0 fully saturated rings. The van der Waals surface area contributed by atoms with E-state index in [1.54, 1.807) is 12.1 Å². The molecule has 2 nitrogen and oxygen atoms in total. The number of nitrogens with two attached hydrogens (primary N) is 1. The first-order valence-corrected chi connectivity index (χ1v) is 7.31. The Hall–Kier alpha value is -0.640. The molecule has 0 saturated carbocycles. The van der Waals surface area contributed by atoms with Crippen molar-refractivity contribution in [2.75, 3.05) is 6.54 Å². The molecule has 2 atom stereocenters. The average Bonchev–Trinajstić information content (AvgIpc) is 2.40. The van der Waals surface area contributed by atoms with Crippen LogP contribution in [-0.2, 0) is 0 Å². The van der Waals surface area contributed by atoms with Gasteiger partial charge in [-0.1, -0.05) is 56.3 Å². The summed E-state index contributed by atoms with van der Waals surface area (Å²) in [6.45, 7) is 2.35. The summed E-state index contributed by atoms with van der Waals surface area (Å²) in [4.78, 5) is 0. The van der Waals surface area contributed by atoms with Crippen LogP contribution >= 0.6 is 11.6 Å². The second kappa shape index (κ2) is 8.51. The van der Waals surface area contributed by atoms with Gasteiger partial charge in [0.1, 0.15) is 5.82 Å². The summed E-state index contributed by atoms with van der Waals surface area (Å²) in [6, 6.07) is 4.84. The van der Waals surface area contributed by atoms with Crippen LogP contribution in [0.25, 0.3) is 0 Å². The summed E-state index contributed by atoms with van der Waals surface area (Å²) < 4.78 is 13.9. The number of aliphatic hydroxyl groups excluding tert-OH is 1. The third kappa shape index (κ3) is 4.75. The van der Waals surface area contributed by atoms with E-state index >= 15 is 0 Å². The Labute approximate surface area is 119 Å². The molecule has 19 heavy (non-hydrogen) atoms. The van der Waals surface area contributed by atoms with E-state index < -0.39 is 11.9 Å². The molecule has 1 aromatic rings. The van der Waals surface area contributed by atoms with Gasteiger partial charge in [-0.25, -0.2) is 4.39 Å². The van der Waals surface area contributed by atoms with E-state index in [4.69, 9.17) is 17.3 Å². The maximum Gasteiger partial charge on any atom is 0.145 e. The minimum Gasteiger partial charge on any atom is -0.392 e. The highest BCUT2D eigenvalue weighted by molar-refractivity contribution is 6.30. The molecular weight excluding hydrogens is 265 g/mol. The van der Waals surface area contributed by atoms with Crippen LogP contribution in [-0.4, -0.2) is 17.8 Å². The quantitative estimate of drug-likeness (QED) is 0.713. The third-order valence-electron chi connectivity index (χ3n) is 3.45. The first-order valence-electron chi connectivity index (χ1n) is 6.93. The molecule has 108 valence electrons. The molecule has 0 aliphatic heterocycles. The second-order valence-corrected chi connectivity index (χ2v) is 5.31. The summed E-state index contributed by atoms with van der Waals surface area (Å²) in [5.74, 6) is -0.854. The molecule has 0 aliphatic rings. The minimum atomic E-state index is -0.616. The van der Waals surface area contributed by atoms with Gasteiger partial charge in [-0.3, -0.25) is 0 Å². The molecular formula is C15H23ClFNO. The van der Waals surface area contributed by atoms with Crippen molar-refractivity contribution in [2.24, 2.45) is 5.73 Å². The zero-order valence-corrected chi connectivity index (χ0v) is 12.2. The molecule has 3 N–H and O–H groups in total. The minimum absolute atomic E-state index is 0.0779. The largest absolute Gasteiger partial charge is 0.392 e. The van der Waals surface area contributed by atoms with E-state index in [0.29, 0.717) is 12.0 Å². The number of rotatable bonds is 8. The van der Waals surface area contributed by atoms with Crippen LogP contribution in [0.15, 0.2) is 18.2 Å². The van der Waals surface area contributed by atoms with E-state index in [9.17, 15) is 9.50 Å². The summed E-state index contributed by atoms with van der Waals surface area (Å²) in [5, 5.41) is 10.3. The van der Waals surface area contributed by atoms with Gasteiger partial charge in [0.05, 0.1) is 11.1 Å². The normalized spacial score (nSPS) is 14.4. The number of aliphatic hydroxyl groups is 1. The van der Waals surface area contributed by atoms with Crippen LogP contribution in [0.2, 0.25) is 5.02 Å². The van der Waals surface area contributed by atoms with Crippen molar-refractivity contribution in [2.45, 2.75) is 51.0 Å². The van der Waals surface area contributed by atoms with Crippen molar-refractivity contribution in [3.05, 3.63) is 34.6 Å². The van der Waals surface area contributed by atoms with Crippen molar-refractivity contribution >= 4 is 11.6 Å². The predicted molar refractivity (Wildman–Crippen MR) is 78.0 cm³/mol. The lowest BCUT2D eigenvalue weighted by Crippen LogP contribution is -2.26. The topological polar surface area (TPSA) is 46.2 Å². The maximum absolute atomic E-state index is 13.9. The monoisotopic (exact) mass is 287 g/mol. The van der Waals surface area contributed by atoms with Crippen molar-refractivity contribution in [3.63, 3.8) is 0 Å². The molecule has 0 radical (unpaired) electrons. The highest BCUT2D eigenvalue weighted by Crippen LogP contribution is 2.28. The summed E-state index contributed by atoms with van der Waals surface area (Å²) in [5.41, 5.74) is 6.10. The summed E-state index contributed by atoms with van der Waals surface area (Å²) in [7, 11) is 0. The SMILES string of the molecule is CCCCCCC(O)C(CN)c1cccc(Cl)c1F. The van der Waals surface area contributed by atoms with E-state index in [1.807, 2.05) is 0 Å². The molecule has 0 saturated heterocycles. The lowest BCUT2D eigenvalue weighted by atomic mass is 9.90. The Kier molecular flexibility index (Phi) is 7.36. The predicted octanol–water partition coefficient (Wildman–Crippen LogP) is 3.85. The van der Waals surface area contributed by atoms with Gasteiger partial charge < -0.3 is 10.8 Å². The van der Waals surface area contributed by atoms with Crippen LogP contribution in [0.3, 0.4) is 0 Å². The zero-order valence-electron chi connectivity index (χ0n) is 11.4. The molecule has 4 heteroatoms. The van der Waals surface area contributed by atoms with E-state index in [1.165, 1.54) is 6.07 Å². The van der Waals surface area contributed by atoms with E-state index in [0.717, 1.165) is 25.7 Å². The fraction of sp³-hybridized carbons (Fsp3) is 0.600. The van der Waals surface area contributed by atoms with Gasteiger partial charge in [0.15, 0.2) is 0 Å². The molecule has 0 spiro atoms. The van der Waals surface area contributed by atoms with Crippen LogP contribution in [0.5, 0.6) is 0 Å². The summed E-state index contributed by atoms with van der Waals surface area (Å²) in [6.07, 6.45) is 4.37. The van der Waals surface area contributed by atoms with Gasteiger partial charge in [0, 0.05) is 12.5 Å². The smallest absolute Gasteiger partial charge is 0.145 e. The van der Waals surface area contributed by atoms with Crippen molar-refractivity contribution in [3.8, 4) is 0 Å². The van der Waals surface area contributed by atoms with E-state index in [-0.39, 0.29) is 17.5 Å². The van der Waals surface area contributed by atoms with Crippen LogP contribution in [0.1, 0.15) is 50.5 Å². The summed E-state index contributed by atoms with van der Waals surface area (Å²) >= 11 is 5.77. The molecule has 0 amide bonds. The second-order valence-electron chi connectivity index (χ2n) is 4.90. The van der Waals surface area contributed by atoms with Gasteiger partial charge in [0.25, 0.3) is 0 Å². The van der Waals surface area contributed by atoms with Crippen LogP contribution in [0.4, 0.5) is 4.39 Å². The number of halogens is 2. The first-order chi connectivity index (χ1) is 9.11. The highest BCUT2D eigenvalue weighted by Gasteiger charge is 2.23. The van der Waals surface area contributed by atoms with Crippen molar-refractivity contribution in [1.82, 2.24) is 0 Å². The average molecular weight is 288 g/mol. The number of hydrogen-bond donors (Lipinski definition) is 2.